The summed E-state index contributed by atoms with van der Waals surface area (Å²) in [4.78, 5) is 28.2. The lowest BCUT2D eigenvalue weighted by molar-refractivity contribution is -0.274. The van der Waals surface area contributed by atoms with Crippen molar-refractivity contribution in [1.82, 2.24) is 10.2 Å². The van der Waals surface area contributed by atoms with Gasteiger partial charge in [-0.2, -0.15) is 0 Å². The topological polar surface area (TPSA) is 93.9 Å². The highest BCUT2D eigenvalue weighted by Crippen LogP contribution is 2.36. The van der Waals surface area contributed by atoms with Gasteiger partial charge in [0, 0.05) is 42.7 Å². The fourth-order valence-electron chi connectivity index (χ4n) is 3.96. The zero-order valence-corrected chi connectivity index (χ0v) is 18.5. The lowest BCUT2D eigenvalue weighted by Gasteiger charge is -2.39. The number of nitrogens with two attached hydrogens (primary N) is 1. The minimum Gasteiger partial charge on any atom is -0.406 e. The van der Waals surface area contributed by atoms with Crippen molar-refractivity contribution in [3.63, 3.8) is 0 Å². The van der Waals surface area contributed by atoms with Gasteiger partial charge in [-0.1, -0.05) is 12.1 Å². The van der Waals surface area contributed by atoms with E-state index in [2.05, 4.69) is 10.1 Å². The largest absolute Gasteiger partial charge is 0.573 e. The predicted octanol–water partition coefficient (Wildman–Crippen LogP) is 2.48. The van der Waals surface area contributed by atoms with Crippen LogP contribution in [0.5, 0.6) is 5.75 Å². The van der Waals surface area contributed by atoms with Crippen LogP contribution in [0.2, 0.25) is 0 Å². The molecule has 0 aromatic heterocycles. The van der Waals surface area contributed by atoms with Crippen molar-refractivity contribution in [2.75, 3.05) is 19.0 Å². The molecule has 0 saturated carbocycles. The number of ketones is 1. The quantitative estimate of drug-likeness (QED) is 0.665. The van der Waals surface area contributed by atoms with Gasteiger partial charge in [-0.15, -0.1) is 24.9 Å². The van der Waals surface area contributed by atoms with E-state index in [0.717, 1.165) is 17.7 Å². The Bertz CT molecular complexity index is 959. The number of hydrogen-bond acceptors (Lipinski definition) is 7. The average Bonchev–Trinajstić information content (AvgIpc) is 2.77. The van der Waals surface area contributed by atoms with E-state index in [1.54, 1.807) is 17.2 Å². The number of Topliss-reactive ketones (excluding diaryl/α,β-unsaturated/α-hetero) is 1. The summed E-state index contributed by atoms with van der Waals surface area (Å²) >= 11 is 1.44. The smallest absolute Gasteiger partial charge is 0.406 e. The average molecular weight is 484 g/mol. The van der Waals surface area contributed by atoms with E-state index < -0.39 is 18.4 Å². The number of thioether (sulfide) groups is 1. The van der Waals surface area contributed by atoms with E-state index in [1.165, 1.54) is 36.0 Å². The van der Waals surface area contributed by atoms with E-state index in [4.69, 9.17) is 10.5 Å². The maximum atomic E-state index is 12.9. The molecule has 0 radical (unpaired) electrons. The van der Waals surface area contributed by atoms with E-state index in [9.17, 15) is 22.8 Å². The number of halogens is 3. The third-order valence-corrected chi connectivity index (χ3v) is 6.81. The third kappa shape index (κ3) is 5.90. The van der Waals surface area contributed by atoms with Gasteiger partial charge in [0.1, 0.15) is 11.8 Å². The summed E-state index contributed by atoms with van der Waals surface area (Å²) in [7, 11) is 0. The summed E-state index contributed by atoms with van der Waals surface area (Å²) in [5.74, 6) is -0.302. The van der Waals surface area contributed by atoms with Crippen LogP contribution in [0, 0.1) is 0 Å². The summed E-state index contributed by atoms with van der Waals surface area (Å²) < 4.78 is 46.5. The van der Waals surface area contributed by atoms with E-state index in [0.29, 0.717) is 30.1 Å². The lowest BCUT2D eigenvalue weighted by Crippen LogP contribution is -2.52. The summed E-state index contributed by atoms with van der Waals surface area (Å²) in [6.07, 6.45) is 0.0438. The van der Waals surface area contributed by atoms with E-state index in [1.807, 2.05) is 0 Å². The maximum Gasteiger partial charge on any atom is 0.573 e. The van der Waals surface area contributed by atoms with Gasteiger partial charge in [-0.05, 0) is 36.6 Å². The molecular formula is C22H24F3N3O4S. The van der Waals surface area contributed by atoms with Crippen LogP contribution in [-0.4, -0.2) is 60.0 Å². The highest BCUT2D eigenvalue weighted by molar-refractivity contribution is 8.03. The summed E-state index contributed by atoms with van der Waals surface area (Å²) in [5.41, 5.74) is 7.05. The number of alkyl halides is 3. The van der Waals surface area contributed by atoms with Gasteiger partial charge in [0.15, 0.2) is 5.78 Å². The first-order valence-electron chi connectivity index (χ1n) is 10.5. The SMILES string of the molecule is N[C@H]1CSC2=CC(C(=O)NC3CCOCC3)=CN(Cc3ccc(OC(F)(F)F)cc3)C2C1=O. The second-order valence-corrected chi connectivity index (χ2v) is 9.17. The van der Waals surface area contributed by atoms with Gasteiger partial charge in [0.2, 0.25) is 0 Å². The van der Waals surface area contributed by atoms with Crippen LogP contribution >= 0.6 is 11.8 Å². The van der Waals surface area contributed by atoms with Crippen molar-refractivity contribution in [3.8, 4) is 5.75 Å². The predicted molar refractivity (Wildman–Crippen MR) is 116 cm³/mol. The van der Waals surface area contributed by atoms with E-state index in [-0.39, 0.29) is 30.0 Å². The molecule has 0 spiro atoms. The Hall–Kier alpha value is -2.50. The number of hydrogen-bond donors (Lipinski definition) is 2. The van der Waals surface area contributed by atoms with Gasteiger partial charge in [0.25, 0.3) is 5.91 Å². The van der Waals surface area contributed by atoms with Crippen molar-refractivity contribution in [1.29, 1.82) is 0 Å². The van der Waals surface area contributed by atoms with Crippen molar-refractivity contribution < 1.29 is 32.2 Å². The molecule has 0 aliphatic carbocycles. The Kier molecular flexibility index (Phi) is 7.01. The zero-order valence-electron chi connectivity index (χ0n) is 17.6. The number of amides is 1. The first-order valence-corrected chi connectivity index (χ1v) is 11.5. The Morgan fingerprint density at radius 1 is 1.24 bits per heavy atom. The Labute approximate surface area is 193 Å². The molecule has 3 aliphatic rings. The number of nitrogens with zero attached hydrogens (tertiary/aromatic N) is 1. The van der Waals surface area contributed by atoms with Gasteiger partial charge >= 0.3 is 6.36 Å². The number of carbonyl (C=O) groups excluding carboxylic acids is 2. The van der Waals surface area contributed by atoms with Crippen molar-refractivity contribution in [2.45, 2.75) is 43.9 Å². The molecule has 7 nitrogen and oxygen atoms in total. The second kappa shape index (κ2) is 9.78. The van der Waals surface area contributed by atoms with E-state index >= 15 is 0 Å². The molecule has 2 atom stereocenters. The highest BCUT2D eigenvalue weighted by atomic mass is 32.2. The minimum absolute atomic E-state index is 0.0203. The van der Waals surface area contributed by atoms with Gasteiger partial charge in [0.05, 0.1) is 11.6 Å². The molecule has 1 unspecified atom stereocenters. The monoisotopic (exact) mass is 483 g/mol. The van der Waals surface area contributed by atoms with Crippen LogP contribution < -0.4 is 15.8 Å². The molecule has 1 aromatic carbocycles. The van der Waals surface area contributed by atoms with Crippen LogP contribution in [0.15, 0.2) is 47.0 Å². The van der Waals surface area contributed by atoms with Gasteiger partial charge in [-0.3, -0.25) is 9.59 Å². The van der Waals surface area contributed by atoms with Gasteiger partial charge < -0.3 is 25.4 Å². The number of rotatable bonds is 5. The number of ether oxygens (including phenoxy) is 2. The van der Waals surface area contributed by atoms with Crippen LogP contribution in [0.25, 0.3) is 0 Å². The lowest BCUT2D eigenvalue weighted by atomic mass is 9.98. The zero-order chi connectivity index (χ0) is 23.6. The van der Waals surface area contributed by atoms with Crippen LogP contribution in [0.3, 0.4) is 0 Å². The minimum atomic E-state index is -4.77. The molecule has 0 bridgehead atoms. The van der Waals surface area contributed by atoms with Crippen LogP contribution in [0.1, 0.15) is 18.4 Å². The second-order valence-electron chi connectivity index (χ2n) is 8.08. The van der Waals surface area contributed by atoms with Gasteiger partial charge in [-0.25, -0.2) is 0 Å². The summed E-state index contributed by atoms with van der Waals surface area (Å²) in [6, 6.07) is 4.18. The van der Waals surface area contributed by atoms with Crippen LogP contribution in [-0.2, 0) is 20.9 Å². The normalized spacial score (nSPS) is 24.0. The molecule has 33 heavy (non-hydrogen) atoms. The fraction of sp³-hybridized carbons (Fsp3) is 0.455. The fourth-order valence-corrected chi connectivity index (χ4v) is 5.12. The summed E-state index contributed by atoms with van der Waals surface area (Å²) in [5, 5.41) is 3.02. The van der Waals surface area contributed by atoms with Crippen molar-refractivity contribution >= 4 is 23.5 Å². The van der Waals surface area contributed by atoms with Crippen molar-refractivity contribution in [3.05, 3.63) is 52.6 Å². The molecule has 178 valence electrons. The standard InChI is InChI=1S/C22H24F3N3O4S/c23-22(24,25)32-16-3-1-13(2-4-16)10-28-11-14(21(30)27-15-5-7-31-8-6-15)9-18-19(28)20(29)17(26)12-33-18/h1-4,9,11,15,17,19H,5-8,10,12,26H2,(H,27,30)/t17-,19?/m0/s1. The number of benzene rings is 1. The Morgan fingerprint density at radius 2 is 1.94 bits per heavy atom. The highest BCUT2D eigenvalue weighted by Gasteiger charge is 2.39. The Morgan fingerprint density at radius 3 is 2.61 bits per heavy atom. The molecule has 3 N–H and O–H groups in total. The molecule has 3 aliphatic heterocycles. The maximum absolute atomic E-state index is 12.9. The molecule has 11 heteroatoms. The first kappa shape index (κ1) is 23.7. The first-order chi connectivity index (χ1) is 15.7. The number of fused-ring (bicyclic) bond motifs is 1. The molecule has 3 heterocycles. The number of nitrogens with one attached hydrogen (secondary N) is 1. The third-order valence-electron chi connectivity index (χ3n) is 5.61. The molecule has 1 amide bonds. The number of carbonyl (C=O) groups is 2. The Balaban J connectivity index is 1.54. The molecule has 4 rings (SSSR count). The molecule has 2 fully saturated rings. The molecule has 1 aromatic rings. The van der Waals surface area contributed by atoms with Crippen LogP contribution in [0.4, 0.5) is 13.2 Å². The molecule has 2 saturated heterocycles. The summed E-state index contributed by atoms with van der Waals surface area (Å²) in [6.45, 7) is 1.40. The molecular weight excluding hydrogens is 459 g/mol. The van der Waals surface area contributed by atoms with Crippen molar-refractivity contribution in [2.24, 2.45) is 5.73 Å².